The van der Waals surface area contributed by atoms with Crippen LogP contribution in [0.3, 0.4) is 0 Å². The van der Waals surface area contributed by atoms with Crippen LogP contribution in [-0.2, 0) is 26.4 Å². The maximum absolute atomic E-state index is 14.7. The maximum Gasteiger partial charge on any atom is 0.457 e. The fourth-order valence-corrected chi connectivity index (χ4v) is 6.20. The van der Waals surface area contributed by atoms with E-state index in [1.807, 2.05) is 0 Å². The molecule has 16 heteroatoms. The van der Waals surface area contributed by atoms with Crippen molar-refractivity contribution in [2.45, 2.75) is 50.6 Å². The third kappa shape index (κ3) is 8.72. The molecule has 236 valence electrons. The van der Waals surface area contributed by atoms with Crippen molar-refractivity contribution in [1.82, 2.24) is 24.5 Å². The van der Waals surface area contributed by atoms with Crippen LogP contribution in [0.1, 0.15) is 43.7 Å². The van der Waals surface area contributed by atoms with Crippen LogP contribution in [0.25, 0.3) is 11.4 Å². The molecule has 45 heavy (non-hydrogen) atoms. The van der Waals surface area contributed by atoms with Crippen molar-refractivity contribution in [3.05, 3.63) is 89.5 Å². The standard InChI is InChI=1S/C29H31F2N8O4PS/c1-33-25(18-45-17-20-14-34-38(15-20)19-42-44(32,41)43-22-10-6-3-7-11-22)29(40)35-24-16-39(21-8-4-2-5-9-21)37-28(24)27-23(30)12-13-26(31)36-27/h3,6-7,10-16,18,21H,1-2,4-5,8-9,17,19H2,(H2,32,41)(H,35,40)/b25-18-. The lowest BCUT2D eigenvalue weighted by Gasteiger charge is -2.21. The van der Waals surface area contributed by atoms with Crippen molar-refractivity contribution >= 4 is 37.8 Å². The number of aromatic nitrogens is 5. The van der Waals surface area contributed by atoms with Crippen LogP contribution in [0, 0.1) is 11.8 Å². The molecule has 0 aliphatic heterocycles. The molecule has 1 fully saturated rings. The van der Waals surface area contributed by atoms with Gasteiger partial charge in [-0.15, -0.1) is 11.8 Å². The van der Waals surface area contributed by atoms with Crippen molar-refractivity contribution < 1.29 is 27.2 Å². The maximum atomic E-state index is 14.7. The van der Waals surface area contributed by atoms with Crippen molar-refractivity contribution in [1.29, 1.82) is 0 Å². The monoisotopic (exact) mass is 656 g/mol. The quantitative estimate of drug-likeness (QED) is 0.0715. The summed E-state index contributed by atoms with van der Waals surface area (Å²) >= 11 is 1.25. The number of rotatable bonds is 13. The summed E-state index contributed by atoms with van der Waals surface area (Å²) in [5.41, 5.74) is 6.34. The summed E-state index contributed by atoms with van der Waals surface area (Å²) in [7, 11) is -3.87. The number of carbonyl (C=O) groups is 1. The van der Waals surface area contributed by atoms with E-state index < -0.39 is 25.4 Å². The minimum Gasteiger partial charge on any atom is -0.413 e. The van der Waals surface area contributed by atoms with Gasteiger partial charge in [0.15, 0.2) is 12.5 Å². The van der Waals surface area contributed by atoms with Crippen LogP contribution < -0.4 is 15.3 Å². The summed E-state index contributed by atoms with van der Waals surface area (Å²) in [6, 6.07) is 10.4. The Bertz CT molecular complexity index is 1730. The Hall–Kier alpha value is -4.17. The largest absolute Gasteiger partial charge is 0.457 e. The number of halogens is 2. The first-order valence-electron chi connectivity index (χ1n) is 14.0. The summed E-state index contributed by atoms with van der Waals surface area (Å²) in [5, 5.41) is 12.9. The van der Waals surface area contributed by atoms with E-state index >= 15 is 0 Å². The summed E-state index contributed by atoms with van der Waals surface area (Å²) in [6.07, 6.45) is 9.82. The van der Waals surface area contributed by atoms with Gasteiger partial charge in [-0.2, -0.15) is 14.6 Å². The Balaban J connectivity index is 1.22. The molecule has 0 saturated heterocycles. The molecule has 3 aromatic heterocycles. The number of pyridine rings is 1. The number of thioether (sulfide) groups is 1. The number of amides is 1. The molecule has 1 amide bonds. The number of anilines is 1. The van der Waals surface area contributed by atoms with Crippen LogP contribution in [0.2, 0.25) is 0 Å². The molecule has 4 aromatic rings. The third-order valence-corrected chi connectivity index (χ3v) is 8.68. The first-order chi connectivity index (χ1) is 21.7. The van der Waals surface area contributed by atoms with E-state index in [2.05, 4.69) is 32.2 Å². The average molecular weight is 657 g/mol. The van der Waals surface area contributed by atoms with Gasteiger partial charge in [-0.25, -0.2) is 24.1 Å². The molecule has 1 saturated carbocycles. The van der Waals surface area contributed by atoms with Crippen molar-refractivity contribution in [3.63, 3.8) is 0 Å². The molecular formula is C29H31F2N8O4PS. The van der Waals surface area contributed by atoms with E-state index in [4.69, 9.17) is 14.6 Å². The number of carbonyl (C=O) groups excluding carboxylic acids is 1. The Kier molecular flexibility index (Phi) is 10.6. The van der Waals surface area contributed by atoms with E-state index in [0.29, 0.717) is 11.5 Å². The first kappa shape index (κ1) is 32.2. The zero-order chi connectivity index (χ0) is 31.8. The first-order valence-corrected chi connectivity index (χ1v) is 16.7. The number of benzene rings is 1. The van der Waals surface area contributed by atoms with Crippen molar-refractivity contribution in [2.24, 2.45) is 10.5 Å². The molecule has 5 rings (SSSR count). The second-order valence-corrected chi connectivity index (χ2v) is 12.5. The smallest absolute Gasteiger partial charge is 0.413 e. The van der Waals surface area contributed by atoms with Gasteiger partial charge in [0.25, 0.3) is 5.91 Å². The summed E-state index contributed by atoms with van der Waals surface area (Å²) in [6.45, 7) is 3.29. The second-order valence-electron chi connectivity index (χ2n) is 10.1. The highest BCUT2D eigenvalue weighted by molar-refractivity contribution is 8.01. The predicted octanol–water partition coefficient (Wildman–Crippen LogP) is 6.46. The Morgan fingerprint density at radius 2 is 1.93 bits per heavy atom. The molecule has 3 N–H and O–H groups in total. The van der Waals surface area contributed by atoms with Crippen molar-refractivity contribution in [3.8, 4) is 17.1 Å². The zero-order valence-electron chi connectivity index (χ0n) is 24.1. The van der Waals surface area contributed by atoms with Gasteiger partial charge in [-0.1, -0.05) is 37.5 Å². The predicted molar refractivity (Wildman–Crippen MR) is 167 cm³/mol. The van der Waals surface area contributed by atoms with E-state index in [-0.39, 0.29) is 35.5 Å². The topological polar surface area (TPSA) is 152 Å². The van der Waals surface area contributed by atoms with E-state index in [0.717, 1.165) is 49.8 Å². The minimum atomic E-state index is -3.87. The van der Waals surface area contributed by atoms with Gasteiger partial charge in [-0.05, 0) is 43.8 Å². The highest BCUT2D eigenvalue weighted by Gasteiger charge is 2.24. The highest BCUT2D eigenvalue weighted by atomic mass is 32.2. The number of para-hydroxylation sites is 1. The molecular weight excluding hydrogens is 625 g/mol. The lowest BCUT2D eigenvalue weighted by atomic mass is 9.96. The highest BCUT2D eigenvalue weighted by Crippen LogP contribution is 2.40. The number of nitrogens with zero attached hydrogens (tertiary/aromatic N) is 6. The molecule has 1 atom stereocenters. The lowest BCUT2D eigenvalue weighted by molar-refractivity contribution is -0.112. The normalized spacial score (nSPS) is 15.4. The third-order valence-electron chi connectivity index (χ3n) is 6.85. The number of nitrogens with one attached hydrogen (secondary N) is 1. The second kappa shape index (κ2) is 14.7. The molecule has 0 radical (unpaired) electrons. The molecule has 3 heterocycles. The van der Waals surface area contributed by atoms with Gasteiger partial charge in [0.2, 0.25) is 5.95 Å². The average Bonchev–Trinajstić information content (AvgIpc) is 3.67. The molecule has 1 unspecified atom stereocenters. The van der Waals surface area contributed by atoms with Gasteiger partial charge in [0.1, 0.15) is 22.8 Å². The van der Waals surface area contributed by atoms with Crippen molar-refractivity contribution in [2.75, 3.05) is 5.32 Å². The van der Waals surface area contributed by atoms with Crippen LogP contribution in [-0.4, -0.2) is 37.2 Å². The number of nitrogens with two attached hydrogens (primary N) is 1. The Morgan fingerprint density at radius 3 is 2.69 bits per heavy atom. The summed E-state index contributed by atoms with van der Waals surface area (Å²) in [4.78, 5) is 20.7. The van der Waals surface area contributed by atoms with Gasteiger partial charge in [-0.3, -0.25) is 19.0 Å². The minimum absolute atomic E-state index is 0.00176. The fourth-order valence-electron chi connectivity index (χ4n) is 4.69. The zero-order valence-corrected chi connectivity index (χ0v) is 25.8. The Labute approximate surface area is 262 Å². The molecule has 0 bridgehead atoms. The summed E-state index contributed by atoms with van der Waals surface area (Å²) < 4.78 is 54.7. The van der Waals surface area contributed by atoms with Crippen LogP contribution in [0.4, 0.5) is 14.5 Å². The van der Waals surface area contributed by atoms with E-state index in [1.54, 1.807) is 53.6 Å². The van der Waals surface area contributed by atoms with Gasteiger partial charge in [0, 0.05) is 29.1 Å². The SMILES string of the molecule is C=N/C(=C\SCc1cnn(COP(N)(=O)Oc2ccccc2)c1)C(=O)Nc1cn(C2CCCCC2)nc1-c1nc(F)ccc1F. The molecule has 0 spiro atoms. The molecule has 1 aliphatic carbocycles. The Morgan fingerprint density at radius 1 is 1.16 bits per heavy atom. The van der Waals surface area contributed by atoms with Crippen LogP contribution in [0.5, 0.6) is 5.75 Å². The van der Waals surface area contributed by atoms with Crippen LogP contribution in [0.15, 0.2) is 77.2 Å². The summed E-state index contributed by atoms with van der Waals surface area (Å²) in [5.74, 6) is -1.53. The van der Waals surface area contributed by atoms with Crippen LogP contribution >= 0.6 is 19.5 Å². The fraction of sp³-hybridized carbons (Fsp3) is 0.276. The lowest BCUT2D eigenvalue weighted by Crippen LogP contribution is -2.14. The molecule has 12 nitrogen and oxygen atoms in total. The van der Waals surface area contributed by atoms with Gasteiger partial charge in [0.05, 0.1) is 17.9 Å². The van der Waals surface area contributed by atoms with E-state index in [1.165, 1.54) is 21.9 Å². The molecule has 1 aliphatic rings. The number of hydrogen-bond donors (Lipinski definition) is 2. The van der Waals surface area contributed by atoms with Gasteiger partial charge >= 0.3 is 7.75 Å². The van der Waals surface area contributed by atoms with E-state index in [9.17, 15) is 18.1 Å². The number of hydrogen-bond acceptors (Lipinski definition) is 9. The van der Waals surface area contributed by atoms with Gasteiger partial charge < -0.3 is 9.84 Å². The molecule has 1 aromatic carbocycles. The number of aliphatic imine (C=N–C) groups is 1.